The summed E-state index contributed by atoms with van der Waals surface area (Å²) in [6.45, 7) is 5.47. The maximum absolute atomic E-state index is 12.4. The van der Waals surface area contributed by atoms with Gasteiger partial charge in [-0.15, -0.1) is 0 Å². The van der Waals surface area contributed by atoms with Crippen molar-refractivity contribution in [1.29, 1.82) is 0 Å². The summed E-state index contributed by atoms with van der Waals surface area (Å²) in [6, 6.07) is 13.6. The van der Waals surface area contributed by atoms with E-state index in [-0.39, 0.29) is 0 Å². The van der Waals surface area contributed by atoms with Crippen molar-refractivity contribution in [2.45, 2.75) is 19.9 Å². The number of carboxylic acids is 2. The van der Waals surface area contributed by atoms with Gasteiger partial charge in [0.15, 0.2) is 17.5 Å². The zero-order valence-corrected chi connectivity index (χ0v) is 19.8. The number of hydrogen-bond donors (Lipinski definition) is 2. The fourth-order valence-electron chi connectivity index (χ4n) is 3.04. The Morgan fingerprint density at radius 3 is 1.97 bits per heavy atom. The third kappa shape index (κ3) is 9.37. The Labute approximate surface area is 198 Å². The van der Waals surface area contributed by atoms with Gasteiger partial charge in [0, 0.05) is 12.0 Å². The molecule has 1 unspecified atom stereocenters. The van der Waals surface area contributed by atoms with Crippen LogP contribution in [-0.4, -0.2) is 64.0 Å². The van der Waals surface area contributed by atoms with Gasteiger partial charge in [0.05, 0.1) is 46.6 Å². The first-order valence-electron chi connectivity index (χ1n) is 10.6. The molecule has 0 spiro atoms. The van der Waals surface area contributed by atoms with Crippen LogP contribution in [0, 0.1) is 0 Å². The molecule has 10 nitrogen and oxygen atoms in total. The number of carbonyl (C=O) groups excluding carboxylic acids is 2. The van der Waals surface area contributed by atoms with Gasteiger partial charge >= 0.3 is 11.9 Å². The summed E-state index contributed by atoms with van der Waals surface area (Å²) in [5, 5.41) is 16.3. The molecule has 10 heteroatoms. The first kappa shape index (κ1) is 28.2. The molecule has 186 valence electrons. The zero-order chi connectivity index (χ0) is 25.5. The third-order valence-corrected chi connectivity index (χ3v) is 4.78. The molecular weight excluding hydrogens is 446 g/mol. The van der Waals surface area contributed by atoms with Gasteiger partial charge in [-0.1, -0.05) is 30.3 Å². The number of aliphatic carboxylic acids is 2. The summed E-state index contributed by atoms with van der Waals surface area (Å²) in [6.07, 6.45) is 0.798. The summed E-state index contributed by atoms with van der Waals surface area (Å²) >= 11 is 0. The molecule has 2 aromatic carbocycles. The maximum Gasteiger partial charge on any atom is 0.351 e. The van der Waals surface area contributed by atoms with Gasteiger partial charge < -0.3 is 38.9 Å². The molecule has 0 bridgehead atoms. The highest BCUT2D eigenvalue weighted by Gasteiger charge is 2.18. The summed E-state index contributed by atoms with van der Waals surface area (Å²) in [5.41, 5.74) is 1.69. The zero-order valence-electron chi connectivity index (χ0n) is 19.8. The number of methoxy groups -OCH3 is 3. The van der Waals surface area contributed by atoms with Crippen molar-refractivity contribution >= 4 is 17.9 Å². The van der Waals surface area contributed by atoms with Gasteiger partial charge in [0.1, 0.15) is 6.54 Å². The molecule has 0 radical (unpaired) electrons. The first-order chi connectivity index (χ1) is 16.3. The molecule has 0 aliphatic rings. The van der Waals surface area contributed by atoms with Crippen LogP contribution in [0.3, 0.4) is 0 Å². The smallest absolute Gasteiger partial charge is 0.351 e. The van der Waals surface area contributed by atoms with E-state index in [1.54, 1.807) is 12.1 Å². The van der Waals surface area contributed by atoms with Crippen LogP contribution in [0.1, 0.15) is 29.3 Å². The molecule has 34 heavy (non-hydrogen) atoms. The number of quaternary nitrogens is 1. The second-order valence-electron chi connectivity index (χ2n) is 7.01. The van der Waals surface area contributed by atoms with E-state index in [0.29, 0.717) is 29.4 Å². The van der Waals surface area contributed by atoms with Crippen LogP contribution in [0.4, 0.5) is 0 Å². The molecular formula is C24H31NO9. The van der Waals surface area contributed by atoms with Crippen LogP contribution in [-0.2, 0) is 20.9 Å². The fraction of sp³-hybridized carbons (Fsp3) is 0.375. The molecule has 0 aliphatic carbocycles. The van der Waals surface area contributed by atoms with Crippen LogP contribution in [0.25, 0.3) is 0 Å². The lowest BCUT2D eigenvalue weighted by atomic mass is 10.2. The summed E-state index contributed by atoms with van der Waals surface area (Å²) < 4.78 is 21.3. The van der Waals surface area contributed by atoms with Gasteiger partial charge in [-0.3, -0.25) is 0 Å². The quantitative estimate of drug-likeness (QED) is 0.264. The SMILES string of the molecule is CC[NH+](CCCOC(=O)c1cc(OC)c(OC)c(OC)c1)Cc1ccccc1.O=C([O-])C(=O)O. The van der Waals surface area contributed by atoms with E-state index in [1.807, 2.05) is 6.07 Å². The van der Waals surface area contributed by atoms with E-state index >= 15 is 0 Å². The molecule has 0 saturated heterocycles. The number of benzene rings is 2. The van der Waals surface area contributed by atoms with Crippen molar-refractivity contribution in [2.24, 2.45) is 0 Å². The van der Waals surface area contributed by atoms with E-state index in [2.05, 4.69) is 31.2 Å². The molecule has 2 rings (SSSR count). The molecule has 0 heterocycles. The van der Waals surface area contributed by atoms with Crippen molar-refractivity contribution < 1.29 is 48.4 Å². The van der Waals surface area contributed by atoms with Crippen molar-refractivity contribution in [1.82, 2.24) is 0 Å². The number of carboxylic acid groups (broad SMARTS) is 2. The Bertz CT molecular complexity index is 894. The van der Waals surface area contributed by atoms with E-state index in [4.69, 9.17) is 38.7 Å². The number of nitrogens with one attached hydrogen (secondary N) is 1. The van der Waals surface area contributed by atoms with Crippen molar-refractivity contribution in [2.75, 3.05) is 41.0 Å². The minimum absolute atomic E-state index is 0.369. The summed E-state index contributed by atoms with van der Waals surface area (Å²) in [4.78, 5) is 31.9. The Kier molecular flexibility index (Phi) is 12.6. The molecule has 2 N–H and O–H groups in total. The van der Waals surface area contributed by atoms with Gasteiger partial charge in [-0.25, -0.2) is 9.59 Å². The lowest BCUT2D eigenvalue weighted by Crippen LogP contribution is -3.10. The first-order valence-corrected chi connectivity index (χ1v) is 10.6. The predicted octanol–water partition coefficient (Wildman–Crippen LogP) is 0.185. The second-order valence-corrected chi connectivity index (χ2v) is 7.01. The molecule has 0 amide bonds. The molecule has 0 aromatic heterocycles. The predicted molar refractivity (Wildman–Crippen MR) is 120 cm³/mol. The van der Waals surface area contributed by atoms with Crippen LogP contribution < -0.4 is 24.2 Å². The number of carbonyl (C=O) groups is 3. The van der Waals surface area contributed by atoms with Crippen molar-refractivity contribution in [3.63, 3.8) is 0 Å². The normalized spacial score (nSPS) is 10.8. The van der Waals surface area contributed by atoms with Crippen molar-refractivity contribution in [3.8, 4) is 17.2 Å². The number of rotatable bonds is 11. The standard InChI is InChI=1S/C22H29NO5.C2H2O4/c1-5-23(16-17-10-7-6-8-11-17)12-9-13-28-22(24)18-14-19(25-2)21(27-4)20(15-18)26-3;3-1(4)2(5)6/h6-8,10-11,14-15H,5,9,12-13,16H2,1-4H3;(H,3,4)(H,5,6). The van der Waals surface area contributed by atoms with Crippen LogP contribution in [0.5, 0.6) is 17.2 Å². The van der Waals surface area contributed by atoms with Gasteiger partial charge in [0.2, 0.25) is 5.75 Å². The third-order valence-electron chi connectivity index (χ3n) is 4.78. The minimum atomic E-state index is -2.07. The Hall–Kier alpha value is -3.79. The van der Waals surface area contributed by atoms with Crippen LogP contribution in [0.2, 0.25) is 0 Å². The largest absolute Gasteiger partial charge is 0.539 e. The van der Waals surface area contributed by atoms with E-state index in [9.17, 15) is 4.79 Å². The van der Waals surface area contributed by atoms with Crippen LogP contribution in [0.15, 0.2) is 42.5 Å². The van der Waals surface area contributed by atoms with Gasteiger partial charge in [-0.2, -0.15) is 0 Å². The monoisotopic (exact) mass is 477 g/mol. The average Bonchev–Trinajstić information content (AvgIpc) is 2.85. The fourth-order valence-corrected chi connectivity index (χ4v) is 3.04. The number of esters is 1. The number of ether oxygens (including phenoxy) is 4. The Morgan fingerprint density at radius 2 is 1.53 bits per heavy atom. The van der Waals surface area contributed by atoms with E-state index < -0.39 is 17.9 Å². The Balaban J connectivity index is 0.000000852. The molecule has 0 aliphatic heterocycles. The highest BCUT2D eigenvalue weighted by molar-refractivity contribution is 6.26. The van der Waals surface area contributed by atoms with Gasteiger partial charge in [0.25, 0.3) is 0 Å². The maximum atomic E-state index is 12.4. The van der Waals surface area contributed by atoms with E-state index in [0.717, 1.165) is 26.1 Å². The van der Waals surface area contributed by atoms with Crippen LogP contribution >= 0.6 is 0 Å². The van der Waals surface area contributed by atoms with Gasteiger partial charge in [-0.05, 0) is 19.1 Å². The average molecular weight is 478 g/mol. The molecule has 2 aromatic rings. The number of hydrogen-bond acceptors (Lipinski definition) is 8. The Morgan fingerprint density at radius 1 is 0.971 bits per heavy atom. The summed E-state index contributed by atoms with van der Waals surface area (Å²) in [5.74, 6) is -3.11. The van der Waals surface area contributed by atoms with Crippen molar-refractivity contribution in [3.05, 3.63) is 53.6 Å². The second kappa shape index (κ2) is 15.1. The molecule has 0 fully saturated rings. The minimum Gasteiger partial charge on any atom is -0.539 e. The highest BCUT2D eigenvalue weighted by atomic mass is 16.5. The lowest BCUT2D eigenvalue weighted by Gasteiger charge is -2.18. The molecule has 0 saturated carbocycles. The lowest BCUT2D eigenvalue weighted by molar-refractivity contribution is -0.912. The molecule has 1 atom stereocenters. The summed E-state index contributed by atoms with van der Waals surface area (Å²) in [7, 11) is 4.55. The topological polar surface area (TPSA) is 136 Å². The highest BCUT2D eigenvalue weighted by Crippen LogP contribution is 2.38. The van der Waals surface area contributed by atoms with E-state index in [1.165, 1.54) is 31.8 Å².